The molecular formula is C18H29N7. The number of hydrogen-bond donors (Lipinski definition) is 4. The molecule has 1 rings (SSSR count). The number of allylic oxidation sites excluding steroid dienone is 2. The minimum Gasteiger partial charge on any atom is -0.385 e. The monoisotopic (exact) mass is 343 g/mol. The van der Waals surface area contributed by atoms with Crippen molar-refractivity contribution < 1.29 is 0 Å². The van der Waals surface area contributed by atoms with E-state index >= 15 is 0 Å². The van der Waals surface area contributed by atoms with Gasteiger partial charge in [-0.25, -0.2) is 10.4 Å². The molecule has 1 heterocycles. The number of anilines is 2. The molecule has 0 radical (unpaired) electrons. The molecule has 0 aromatic carbocycles. The van der Waals surface area contributed by atoms with Gasteiger partial charge in [-0.15, -0.1) is 0 Å². The first-order chi connectivity index (χ1) is 12.0. The van der Waals surface area contributed by atoms with Crippen molar-refractivity contribution in [3.8, 4) is 0 Å². The maximum Gasteiger partial charge on any atom is 0.145 e. The van der Waals surface area contributed by atoms with Crippen LogP contribution in [0, 0.1) is 0 Å². The van der Waals surface area contributed by atoms with Gasteiger partial charge in [0.2, 0.25) is 0 Å². The van der Waals surface area contributed by atoms with E-state index in [0.717, 1.165) is 17.3 Å². The number of aliphatic imine (C=N–C) groups is 1. The van der Waals surface area contributed by atoms with Crippen LogP contribution >= 0.6 is 0 Å². The summed E-state index contributed by atoms with van der Waals surface area (Å²) in [5, 5.41) is 8.12. The first-order valence-electron chi connectivity index (χ1n) is 8.20. The topological polar surface area (TPSA) is 90.6 Å². The van der Waals surface area contributed by atoms with Gasteiger partial charge in [0.05, 0.1) is 12.4 Å². The lowest BCUT2D eigenvalue weighted by Gasteiger charge is -2.26. The van der Waals surface area contributed by atoms with E-state index in [1.54, 1.807) is 12.3 Å². The van der Waals surface area contributed by atoms with Crippen LogP contribution in [0.15, 0.2) is 59.1 Å². The molecule has 0 atom stereocenters. The molecule has 0 amide bonds. The molecule has 0 aliphatic rings. The lowest BCUT2D eigenvalue weighted by Crippen LogP contribution is -2.43. The van der Waals surface area contributed by atoms with Crippen molar-refractivity contribution in [2.75, 3.05) is 23.9 Å². The number of aromatic nitrogens is 1. The van der Waals surface area contributed by atoms with E-state index in [1.165, 1.54) is 0 Å². The van der Waals surface area contributed by atoms with Gasteiger partial charge in [0.1, 0.15) is 11.6 Å². The number of rotatable bonds is 10. The summed E-state index contributed by atoms with van der Waals surface area (Å²) in [5.74, 6) is 2.16. The third kappa shape index (κ3) is 7.54. The molecule has 0 bridgehead atoms. The average molecular weight is 343 g/mol. The van der Waals surface area contributed by atoms with E-state index < -0.39 is 0 Å². The summed E-state index contributed by atoms with van der Waals surface area (Å²) in [6.07, 6.45) is 7.21. The zero-order valence-electron chi connectivity index (χ0n) is 15.5. The predicted octanol–water partition coefficient (Wildman–Crippen LogP) is 2.35. The van der Waals surface area contributed by atoms with Crippen molar-refractivity contribution >= 4 is 18.4 Å². The molecule has 1 aromatic heterocycles. The molecule has 0 unspecified atom stereocenters. The van der Waals surface area contributed by atoms with Gasteiger partial charge in [0.15, 0.2) is 0 Å². The molecule has 0 aliphatic carbocycles. The standard InChI is InChI=1S/C18H29N7/c1-6-15(10-12-20-4)22-16(19)11-13-25(24-14(2)3)18-9-7-8-17(21-5)23-18/h6-12,14,22,24H,4,13,19H2,1-3,5H3,(H,21,23)/b12-10-,15-6+,16-11+. The highest BCUT2D eigenvalue weighted by Gasteiger charge is 2.09. The van der Waals surface area contributed by atoms with Crippen LogP contribution in [-0.4, -0.2) is 31.3 Å². The van der Waals surface area contributed by atoms with Crippen molar-refractivity contribution in [1.82, 2.24) is 15.7 Å². The molecule has 7 heteroatoms. The number of hydrogen-bond acceptors (Lipinski definition) is 7. The smallest absolute Gasteiger partial charge is 0.145 e. The molecule has 0 saturated carbocycles. The van der Waals surface area contributed by atoms with Gasteiger partial charge in [-0.1, -0.05) is 12.1 Å². The van der Waals surface area contributed by atoms with Gasteiger partial charge in [-0.05, 0) is 51.8 Å². The van der Waals surface area contributed by atoms with Crippen LogP contribution in [-0.2, 0) is 0 Å². The minimum absolute atomic E-state index is 0.260. The fourth-order valence-corrected chi connectivity index (χ4v) is 1.99. The highest BCUT2D eigenvalue weighted by atomic mass is 15.5. The Kier molecular flexibility index (Phi) is 8.81. The van der Waals surface area contributed by atoms with Crippen LogP contribution in [0.1, 0.15) is 20.8 Å². The second-order valence-corrected chi connectivity index (χ2v) is 5.55. The van der Waals surface area contributed by atoms with Crippen LogP contribution < -0.4 is 26.8 Å². The Balaban J connectivity index is 2.87. The Morgan fingerprint density at radius 3 is 2.80 bits per heavy atom. The van der Waals surface area contributed by atoms with Crippen LogP contribution in [0.25, 0.3) is 0 Å². The summed E-state index contributed by atoms with van der Waals surface area (Å²) < 4.78 is 0. The summed E-state index contributed by atoms with van der Waals surface area (Å²) in [7, 11) is 1.85. The van der Waals surface area contributed by atoms with E-state index in [4.69, 9.17) is 5.73 Å². The third-order valence-electron chi connectivity index (χ3n) is 3.13. The van der Waals surface area contributed by atoms with Crippen LogP contribution in [0.3, 0.4) is 0 Å². The number of nitrogens with two attached hydrogens (primary N) is 1. The number of nitrogens with zero attached hydrogens (tertiary/aromatic N) is 3. The fourth-order valence-electron chi connectivity index (χ4n) is 1.99. The highest BCUT2D eigenvalue weighted by molar-refractivity contribution is 5.46. The average Bonchev–Trinajstić information content (AvgIpc) is 2.61. The first-order valence-corrected chi connectivity index (χ1v) is 8.20. The van der Waals surface area contributed by atoms with Crippen LogP contribution in [0.4, 0.5) is 11.6 Å². The van der Waals surface area contributed by atoms with Crippen molar-refractivity contribution in [3.05, 3.63) is 54.1 Å². The van der Waals surface area contributed by atoms with E-state index in [2.05, 4.69) is 46.6 Å². The molecule has 0 aliphatic heterocycles. The summed E-state index contributed by atoms with van der Waals surface area (Å²) in [5.41, 5.74) is 10.3. The van der Waals surface area contributed by atoms with Crippen molar-refractivity contribution in [2.45, 2.75) is 26.8 Å². The lowest BCUT2D eigenvalue weighted by molar-refractivity contribution is 0.559. The Morgan fingerprint density at radius 1 is 1.44 bits per heavy atom. The van der Waals surface area contributed by atoms with Gasteiger partial charge in [-0.3, -0.25) is 10.0 Å². The summed E-state index contributed by atoms with van der Waals surface area (Å²) in [6, 6.07) is 6.08. The summed E-state index contributed by atoms with van der Waals surface area (Å²) in [6.45, 7) is 10.0. The Bertz CT molecular complexity index is 632. The molecule has 5 N–H and O–H groups in total. The SMILES string of the molecule is C=N/C=C\C(=C/C)N/C(N)=C/CN(NC(C)C)c1cccc(NC)n1. The van der Waals surface area contributed by atoms with Crippen molar-refractivity contribution in [2.24, 2.45) is 10.7 Å². The Morgan fingerprint density at radius 2 is 2.20 bits per heavy atom. The molecule has 0 saturated heterocycles. The predicted molar refractivity (Wildman–Crippen MR) is 107 cm³/mol. The number of pyridine rings is 1. The second-order valence-electron chi connectivity index (χ2n) is 5.55. The van der Waals surface area contributed by atoms with Crippen LogP contribution in [0.5, 0.6) is 0 Å². The Labute approximate surface area is 150 Å². The van der Waals surface area contributed by atoms with Gasteiger partial charge >= 0.3 is 0 Å². The van der Waals surface area contributed by atoms with E-state index in [9.17, 15) is 0 Å². The molecule has 1 aromatic rings. The lowest BCUT2D eigenvalue weighted by atomic mass is 10.3. The Hall–Kier alpha value is -2.80. The molecule has 0 spiro atoms. The quantitative estimate of drug-likeness (QED) is 0.296. The zero-order valence-corrected chi connectivity index (χ0v) is 15.5. The van der Waals surface area contributed by atoms with Gasteiger partial charge in [-0.2, -0.15) is 0 Å². The molecular weight excluding hydrogens is 314 g/mol. The van der Waals surface area contributed by atoms with E-state index in [1.807, 2.05) is 49.3 Å². The van der Waals surface area contributed by atoms with Gasteiger partial charge < -0.3 is 16.4 Å². The first kappa shape index (κ1) is 20.2. The summed E-state index contributed by atoms with van der Waals surface area (Å²) in [4.78, 5) is 8.25. The maximum atomic E-state index is 6.08. The van der Waals surface area contributed by atoms with E-state index in [-0.39, 0.29) is 6.04 Å². The zero-order chi connectivity index (χ0) is 18.7. The van der Waals surface area contributed by atoms with Crippen LogP contribution in [0.2, 0.25) is 0 Å². The van der Waals surface area contributed by atoms with E-state index in [0.29, 0.717) is 12.4 Å². The molecule has 136 valence electrons. The normalized spacial score (nSPS) is 12.5. The molecule has 25 heavy (non-hydrogen) atoms. The molecule has 7 nitrogen and oxygen atoms in total. The second kappa shape index (κ2) is 10.9. The number of nitrogens with one attached hydrogen (secondary N) is 3. The van der Waals surface area contributed by atoms with Crippen molar-refractivity contribution in [3.63, 3.8) is 0 Å². The number of hydrazine groups is 1. The largest absolute Gasteiger partial charge is 0.385 e. The van der Waals surface area contributed by atoms with Gasteiger partial charge in [0.25, 0.3) is 0 Å². The fraction of sp³-hybridized carbons (Fsp3) is 0.333. The van der Waals surface area contributed by atoms with Gasteiger partial charge in [0, 0.05) is 25.0 Å². The highest BCUT2D eigenvalue weighted by Crippen LogP contribution is 2.13. The minimum atomic E-state index is 0.260. The summed E-state index contributed by atoms with van der Waals surface area (Å²) >= 11 is 0. The molecule has 0 fully saturated rings. The maximum absolute atomic E-state index is 6.08. The van der Waals surface area contributed by atoms with Crippen molar-refractivity contribution in [1.29, 1.82) is 0 Å². The third-order valence-corrected chi connectivity index (χ3v) is 3.13.